The smallest absolute Gasteiger partial charge is 0.254 e. The molecular weight excluding hydrogens is 454 g/mol. The summed E-state index contributed by atoms with van der Waals surface area (Å²) < 4.78 is 43.9. The molecule has 0 bridgehead atoms. The van der Waals surface area contributed by atoms with Crippen molar-refractivity contribution in [2.24, 2.45) is 0 Å². The van der Waals surface area contributed by atoms with Gasteiger partial charge in [-0.1, -0.05) is 11.6 Å². The lowest BCUT2D eigenvalue weighted by Gasteiger charge is -2.36. The standard InChI is InChI=1S/C27H32F2N2O4/c1-18(12-19-4-6-21(28)14-24(19)29)15-30(16-22-7-8-23-17-35-11-10-31(22)23)27(32)20-5-9-25(33-2)26(13-20)34-3/h4-6,9,12-14,22-23H,7-8,10-11,15-17H2,1-3H3. The molecule has 6 nitrogen and oxygen atoms in total. The van der Waals surface area contributed by atoms with Crippen molar-refractivity contribution < 1.29 is 27.8 Å². The zero-order valence-corrected chi connectivity index (χ0v) is 20.4. The van der Waals surface area contributed by atoms with Gasteiger partial charge in [-0.05, 0) is 50.1 Å². The van der Waals surface area contributed by atoms with Crippen molar-refractivity contribution in [3.8, 4) is 11.5 Å². The lowest BCUT2D eigenvalue weighted by atomic mass is 10.1. The van der Waals surface area contributed by atoms with Crippen LogP contribution in [0.3, 0.4) is 0 Å². The van der Waals surface area contributed by atoms with E-state index in [2.05, 4.69) is 4.90 Å². The Labute approximate surface area is 205 Å². The maximum Gasteiger partial charge on any atom is 0.254 e. The molecule has 188 valence electrons. The average molecular weight is 487 g/mol. The van der Waals surface area contributed by atoms with E-state index in [9.17, 15) is 13.6 Å². The third-order valence-corrected chi connectivity index (χ3v) is 6.73. The molecule has 2 fully saturated rings. The number of morpholine rings is 1. The number of fused-ring (bicyclic) bond motifs is 1. The predicted octanol–water partition coefficient (Wildman–Crippen LogP) is 4.39. The minimum Gasteiger partial charge on any atom is -0.493 e. The van der Waals surface area contributed by atoms with Crippen molar-refractivity contribution in [2.75, 3.05) is 47.1 Å². The lowest BCUT2D eigenvalue weighted by molar-refractivity contribution is -0.00703. The van der Waals surface area contributed by atoms with Crippen LogP contribution in [0.4, 0.5) is 8.78 Å². The molecule has 0 N–H and O–H groups in total. The van der Waals surface area contributed by atoms with Crippen LogP contribution in [-0.2, 0) is 4.74 Å². The van der Waals surface area contributed by atoms with Gasteiger partial charge in [0.05, 0.1) is 27.4 Å². The van der Waals surface area contributed by atoms with Crippen LogP contribution < -0.4 is 9.47 Å². The normalized spacial score (nSPS) is 20.4. The van der Waals surface area contributed by atoms with E-state index in [1.54, 1.807) is 36.3 Å². The van der Waals surface area contributed by atoms with Crippen molar-refractivity contribution in [1.29, 1.82) is 0 Å². The highest BCUT2D eigenvalue weighted by Gasteiger charge is 2.37. The quantitative estimate of drug-likeness (QED) is 0.554. The number of carbonyl (C=O) groups excluding carboxylic acids is 1. The van der Waals surface area contributed by atoms with Crippen molar-refractivity contribution in [2.45, 2.75) is 31.8 Å². The molecule has 2 aromatic rings. The number of halogens is 2. The Morgan fingerprint density at radius 1 is 1.14 bits per heavy atom. The SMILES string of the molecule is COc1ccc(C(=O)N(CC(C)=Cc2ccc(F)cc2F)CC2CCC3COCCN32)cc1OC. The van der Waals surface area contributed by atoms with Gasteiger partial charge in [0.2, 0.25) is 0 Å². The first kappa shape index (κ1) is 25.1. The second-order valence-corrected chi connectivity index (χ2v) is 9.11. The van der Waals surface area contributed by atoms with Crippen LogP contribution in [0, 0.1) is 11.6 Å². The number of amides is 1. The second kappa shape index (κ2) is 11.2. The van der Waals surface area contributed by atoms with Crippen LogP contribution in [0.15, 0.2) is 42.0 Å². The Morgan fingerprint density at radius 3 is 2.69 bits per heavy atom. The van der Waals surface area contributed by atoms with Gasteiger partial charge in [0.25, 0.3) is 5.91 Å². The number of hydrogen-bond donors (Lipinski definition) is 0. The van der Waals surface area contributed by atoms with E-state index >= 15 is 0 Å². The summed E-state index contributed by atoms with van der Waals surface area (Å²) in [5.74, 6) is -0.369. The van der Waals surface area contributed by atoms with E-state index in [1.165, 1.54) is 19.2 Å². The number of carbonyl (C=O) groups is 1. The Hall–Kier alpha value is -2.97. The summed E-state index contributed by atoms with van der Waals surface area (Å²) in [7, 11) is 3.08. The molecule has 35 heavy (non-hydrogen) atoms. The first-order valence-electron chi connectivity index (χ1n) is 11.9. The van der Waals surface area contributed by atoms with Gasteiger partial charge in [-0.25, -0.2) is 8.78 Å². The Morgan fingerprint density at radius 2 is 1.94 bits per heavy atom. The highest BCUT2D eigenvalue weighted by Crippen LogP contribution is 2.30. The minimum absolute atomic E-state index is 0.144. The summed E-state index contributed by atoms with van der Waals surface area (Å²) in [4.78, 5) is 17.9. The maximum atomic E-state index is 14.2. The maximum absolute atomic E-state index is 14.2. The number of benzene rings is 2. The fraction of sp³-hybridized carbons (Fsp3) is 0.444. The van der Waals surface area contributed by atoms with Crippen LogP contribution in [0.5, 0.6) is 11.5 Å². The molecule has 0 radical (unpaired) electrons. The van der Waals surface area contributed by atoms with Gasteiger partial charge in [-0.15, -0.1) is 0 Å². The fourth-order valence-corrected chi connectivity index (χ4v) is 5.00. The topological polar surface area (TPSA) is 51.2 Å². The third-order valence-electron chi connectivity index (χ3n) is 6.73. The third kappa shape index (κ3) is 5.82. The molecule has 2 atom stereocenters. The molecule has 0 aliphatic carbocycles. The first-order valence-corrected chi connectivity index (χ1v) is 11.9. The molecule has 2 aliphatic rings. The van der Waals surface area contributed by atoms with E-state index in [1.807, 2.05) is 6.92 Å². The van der Waals surface area contributed by atoms with Gasteiger partial charge in [0.15, 0.2) is 11.5 Å². The molecule has 4 rings (SSSR count). The number of nitrogens with zero attached hydrogens (tertiary/aromatic N) is 2. The summed E-state index contributed by atoms with van der Waals surface area (Å²) in [5.41, 5.74) is 1.57. The number of ether oxygens (including phenoxy) is 3. The van der Waals surface area contributed by atoms with Gasteiger partial charge in [0.1, 0.15) is 11.6 Å². The Bertz CT molecular complexity index is 1090. The molecule has 8 heteroatoms. The Kier molecular flexibility index (Phi) is 8.03. The van der Waals surface area contributed by atoms with E-state index in [4.69, 9.17) is 14.2 Å². The molecule has 0 saturated carbocycles. The molecule has 2 saturated heterocycles. The summed E-state index contributed by atoms with van der Waals surface area (Å²) in [6.45, 7) is 4.98. The zero-order chi connectivity index (χ0) is 24.9. The van der Waals surface area contributed by atoms with Gasteiger partial charge in [-0.2, -0.15) is 0 Å². The van der Waals surface area contributed by atoms with Crippen LogP contribution in [0.25, 0.3) is 6.08 Å². The summed E-state index contributed by atoms with van der Waals surface area (Å²) in [6, 6.07) is 9.23. The monoisotopic (exact) mass is 486 g/mol. The van der Waals surface area contributed by atoms with Gasteiger partial charge < -0.3 is 19.1 Å². The molecule has 2 heterocycles. The summed E-state index contributed by atoms with van der Waals surface area (Å²) in [5, 5.41) is 0. The highest BCUT2D eigenvalue weighted by atomic mass is 19.1. The predicted molar refractivity (Wildman–Crippen MR) is 130 cm³/mol. The molecule has 2 aliphatic heterocycles. The second-order valence-electron chi connectivity index (χ2n) is 9.11. The molecule has 0 aromatic heterocycles. The van der Waals surface area contributed by atoms with Gasteiger partial charge in [0, 0.05) is 48.9 Å². The van der Waals surface area contributed by atoms with Crippen molar-refractivity contribution >= 4 is 12.0 Å². The van der Waals surface area contributed by atoms with Crippen LogP contribution in [0.1, 0.15) is 35.7 Å². The van der Waals surface area contributed by atoms with Crippen LogP contribution in [-0.4, -0.2) is 74.9 Å². The molecule has 0 spiro atoms. The van der Waals surface area contributed by atoms with Crippen molar-refractivity contribution in [3.05, 3.63) is 64.7 Å². The molecule has 2 unspecified atom stereocenters. The lowest BCUT2D eigenvalue weighted by Crippen LogP contribution is -2.50. The average Bonchev–Trinajstić information content (AvgIpc) is 3.27. The van der Waals surface area contributed by atoms with Gasteiger partial charge >= 0.3 is 0 Å². The van der Waals surface area contributed by atoms with Crippen LogP contribution in [0.2, 0.25) is 0 Å². The fourth-order valence-electron chi connectivity index (χ4n) is 5.00. The van der Waals surface area contributed by atoms with E-state index in [-0.39, 0.29) is 17.5 Å². The zero-order valence-electron chi connectivity index (χ0n) is 20.4. The summed E-state index contributed by atoms with van der Waals surface area (Å²) in [6.07, 6.45) is 3.69. The number of rotatable bonds is 8. The first-order chi connectivity index (χ1) is 16.9. The van der Waals surface area contributed by atoms with E-state index in [0.717, 1.165) is 37.6 Å². The van der Waals surface area contributed by atoms with Crippen molar-refractivity contribution in [1.82, 2.24) is 9.80 Å². The van der Waals surface area contributed by atoms with Crippen molar-refractivity contribution in [3.63, 3.8) is 0 Å². The Balaban J connectivity index is 1.60. The van der Waals surface area contributed by atoms with Gasteiger partial charge in [-0.3, -0.25) is 9.69 Å². The molecular formula is C27H32F2N2O4. The number of methoxy groups -OCH3 is 2. The highest BCUT2D eigenvalue weighted by molar-refractivity contribution is 5.95. The summed E-state index contributed by atoms with van der Waals surface area (Å²) >= 11 is 0. The van der Waals surface area contributed by atoms with E-state index in [0.29, 0.717) is 42.8 Å². The molecule has 1 amide bonds. The van der Waals surface area contributed by atoms with Crippen LogP contribution >= 0.6 is 0 Å². The molecule has 2 aromatic carbocycles. The van der Waals surface area contributed by atoms with E-state index < -0.39 is 11.6 Å². The number of hydrogen-bond acceptors (Lipinski definition) is 5. The largest absolute Gasteiger partial charge is 0.493 e. The minimum atomic E-state index is -0.630.